The van der Waals surface area contributed by atoms with Crippen LogP contribution in [0.5, 0.6) is 5.75 Å². The van der Waals surface area contributed by atoms with Gasteiger partial charge in [0.05, 0.1) is 8.59 Å². The number of halogens is 2. The highest BCUT2D eigenvalue weighted by molar-refractivity contribution is 14.1. The number of ketones is 1. The molecule has 0 saturated heterocycles. The van der Waals surface area contributed by atoms with E-state index in [4.69, 9.17) is 21.1 Å². The Bertz CT molecular complexity index is 691. The number of carbonyl (C=O) groups is 1. The molecule has 1 saturated carbocycles. The molecule has 0 spiro atoms. The van der Waals surface area contributed by atoms with Crippen molar-refractivity contribution < 1.29 is 14.3 Å². The largest absolute Gasteiger partial charge is 0.483 e. The van der Waals surface area contributed by atoms with E-state index < -0.39 is 6.10 Å². The van der Waals surface area contributed by atoms with Gasteiger partial charge in [0.1, 0.15) is 11.6 Å². The smallest absolute Gasteiger partial charge is 0.169 e. The minimum Gasteiger partial charge on any atom is -0.483 e. The lowest BCUT2D eigenvalue weighted by molar-refractivity contribution is -0.150. The molecule has 2 atom stereocenters. The summed E-state index contributed by atoms with van der Waals surface area (Å²) in [5, 5.41) is 1.47. The third-order valence-corrected chi connectivity index (χ3v) is 4.44. The molecule has 2 aromatic rings. The number of methoxy groups -OCH3 is 1. The summed E-state index contributed by atoms with van der Waals surface area (Å²) >= 11 is 8.38. The van der Waals surface area contributed by atoms with Crippen LogP contribution in [0, 0.1) is 3.57 Å². The normalized spacial score (nSPS) is 21.9. The van der Waals surface area contributed by atoms with Gasteiger partial charge in [0.25, 0.3) is 0 Å². The SMILES string of the molecule is COC1C(=O)CC1Oc1c(I)cc(Cl)c2cccnc12. The third kappa shape index (κ3) is 2.27. The van der Waals surface area contributed by atoms with E-state index in [1.807, 2.05) is 18.2 Å². The van der Waals surface area contributed by atoms with E-state index in [0.29, 0.717) is 22.7 Å². The number of Topliss-reactive ketones (excluding diaryl/α,β-unsaturated/α-hetero) is 1. The molecule has 1 heterocycles. The van der Waals surface area contributed by atoms with Crippen LogP contribution < -0.4 is 4.74 Å². The van der Waals surface area contributed by atoms with Crippen LogP contribution in [0.25, 0.3) is 10.9 Å². The Morgan fingerprint density at radius 2 is 2.30 bits per heavy atom. The highest BCUT2D eigenvalue weighted by Gasteiger charge is 2.42. The number of pyridine rings is 1. The molecule has 0 radical (unpaired) electrons. The standard InChI is InChI=1S/C14H11ClINO3/c1-19-14-10(18)6-11(14)20-13-9(16)5-8(15)7-3-2-4-17-12(7)13/h2-5,11,14H,6H2,1H3. The second-order valence-corrected chi connectivity index (χ2v) is 6.12. The van der Waals surface area contributed by atoms with E-state index >= 15 is 0 Å². The summed E-state index contributed by atoms with van der Waals surface area (Å²) in [4.78, 5) is 15.8. The first-order valence-electron chi connectivity index (χ1n) is 6.06. The fourth-order valence-electron chi connectivity index (χ4n) is 2.27. The summed E-state index contributed by atoms with van der Waals surface area (Å²) in [5.74, 6) is 0.726. The minimum atomic E-state index is -0.486. The Hall–Kier alpha value is -0.920. The number of aromatic nitrogens is 1. The molecule has 104 valence electrons. The molecule has 6 heteroatoms. The maximum Gasteiger partial charge on any atom is 0.169 e. The van der Waals surface area contributed by atoms with Crippen molar-refractivity contribution in [2.75, 3.05) is 7.11 Å². The van der Waals surface area contributed by atoms with Gasteiger partial charge >= 0.3 is 0 Å². The van der Waals surface area contributed by atoms with Crippen LogP contribution in [0.15, 0.2) is 24.4 Å². The van der Waals surface area contributed by atoms with Gasteiger partial charge < -0.3 is 9.47 Å². The molecule has 2 unspecified atom stereocenters. The van der Waals surface area contributed by atoms with Crippen LogP contribution in [-0.2, 0) is 9.53 Å². The van der Waals surface area contributed by atoms with Crippen LogP contribution in [-0.4, -0.2) is 30.1 Å². The van der Waals surface area contributed by atoms with Crippen molar-refractivity contribution in [1.29, 1.82) is 0 Å². The van der Waals surface area contributed by atoms with Crippen LogP contribution in [0.2, 0.25) is 5.02 Å². The Labute approximate surface area is 134 Å². The van der Waals surface area contributed by atoms with Gasteiger partial charge in [-0.2, -0.15) is 0 Å². The average Bonchev–Trinajstić information content (AvgIpc) is 2.42. The highest BCUT2D eigenvalue weighted by atomic mass is 127. The third-order valence-electron chi connectivity index (χ3n) is 3.33. The Morgan fingerprint density at radius 1 is 1.50 bits per heavy atom. The van der Waals surface area contributed by atoms with E-state index in [0.717, 1.165) is 8.96 Å². The minimum absolute atomic E-state index is 0.0683. The van der Waals surface area contributed by atoms with Crippen LogP contribution in [0.4, 0.5) is 0 Å². The van der Waals surface area contributed by atoms with Gasteiger partial charge in [-0.15, -0.1) is 0 Å². The molecule has 0 amide bonds. The molecule has 3 rings (SSSR count). The monoisotopic (exact) mass is 403 g/mol. The first kappa shape index (κ1) is 14.0. The topological polar surface area (TPSA) is 48.4 Å². The number of carbonyl (C=O) groups excluding carboxylic acids is 1. The molecule has 1 aromatic carbocycles. The lowest BCUT2D eigenvalue weighted by atomic mass is 9.90. The predicted molar refractivity (Wildman–Crippen MR) is 84.3 cm³/mol. The molecular formula is C14H11ClINO3. The molecule has 4 nitrogen and oxygen atoms in total. The molecule has 1 aliphatic rings. The number of rotatable bonds is 3. The van der Waals surface area contributed by atoms with Crippen molar-refractivity contribution in [3.63, 3.8) is 0 Å². The number of benzene rings is 1. The highest BCUT2D eigenvalue weighted by Crippen LogP contribution is 2.37. The second kappa shape index (κ2) is 5.46. The van der Waals surface area contributed by atoms with Crippen LogP contribution in [0.1, 0.15) is 6.42 Å². The zero-order valence-corrected chi connectivity index (χ0v) is 13.5. The van der Waals surface area contributed by atoms with Crippen molar-refractivity contribution >= 4 is 50.9 Å². The van der Waals surface area contributed by atoms with Gasteiger partial charge in [0.2, 0.25) is 0 Å². The molecule has 1 aromatic heterocycles. The zero-order valence-electron chi connectivity index (χ0n) is 10.6. The summed E-state index contributed by atoms with van der Waals surface area (Å²) in [6.07, 6.45) is 1.32. The van der Waals surface area contributed by atoms with Crippen molar-refractivity contribution in [2.24, 2.45) is 0 Å². The molecule has 0 bridgehead atoms. The second-order valence-electron chi connectivity index (χ2n) is 4.55. The van der Waals surface area contributed by atoms with E-state index in [2.05, 4.69) is 27.6 Å². The fourth-order valence-corrected chi connectivity index (χ4v) is 3.40. The van der Waals surface area contributed by atoms with Crippen molar-refractivity contribution in [3.05, 3.63) is 33.0 Å². The van der Waals surface area contributed by atoms with Crippen LogP contribution >= 0.6 is 34.2 Å². The summed E-state index contributed by atoms with van der Waals surface area (Å²) in [5.41, 5.74) is 0.707. The van der Waals surface area contributed by atoms with Gasteiger partial charge in [0, 0.05) is 25.1 Å². The van der Waals surface area contributed by atoms with Gasteiger partial charge in [-0.25, -0.2) is 0 Å². The molecule has 1 fully saturated rings. The van der Waals surface area contributed by atoms with E-state index in [-0.39, 0.29) is 11.9 Å². The summed E-state index contributed by atoms with van der Waals surface area (Å²) in [6.45, 7) is 0. The first-order chi connectivity index (χ1) is 9.61. The molecule has 0 aliphatic heterocycles. The van der Waals surface area contributed by atoms with Gasteiger partial charge in [-0.1, -0.05) is 11.6 Å². The van der Waals surface area contributed by atoms with E-state index in [1.165, 1.54) is 7.11 Å². The summed E-state index contributed by atoms with van der Waals surface area (Å²) in [7, 11) is 1.52. The Balaban J connectivity index is 2.01. The first-order valence-corrected chi connectivity index (χ1v) is 7.52. The van der Waals surface area contributed by atoms with Crippen molar-refractivity contribution in [3.8, 4) is 5.75 Å². The summed E-state index contributed by atoms with van der Waals surface area (Å²) < 4.78 is 12.0. The van der Waals surface area contributed by atoms with Gasteiger partial charge in [-0.3, -0.25) is 9.78 Å². The number of hydrogen-bond donors (Lipinski definition) is 0. The van der Waals surface area contributed by atoms with Gasteiger partial charge in [-0.05, 0) is 40.8 Å². The van der Waals surface area contributed by atoms with Gasteiger partial charge in [0.15, 0.2) is 17.6 Å². The Kier molecular flexibility index (Phi) is 3.83. The molecule has 20 heavy (non-hydrogen) atoms. The summed E-state index contributed by atoms with van der Waals surface area (Å²) in [6, 6.07) is 5.56. The number of hydrogen-bond acceptors (Lipinski definition) is 4. The quantitative estimate of drug-likeness (QED) is 0.739. The van der Waals surface area contributed by atoms with E-state index in [1.54, 1.807) is 6.20 Å². The lowest BCUT2D eigenvalue weighted by Crippen LogP contribution is -2.51. The van der Waals surface area contributed by atoms with E-state index in [9.17, 15) is 4.79 Å². The maximum absolute atomic E-state index is 11.4. The van der Waals surface area contributed by atoms with Crippen molar-refractivity contribution in [2.45, 2.75) is 18.6 Å². The molecule has 1 aliphatic carbocycles. The number of nitrogens with zero attached hydrogens (tertiary/aromatic N) is 1. The zero-order chi connectivity index (χ0) is 14.3. The maximum atomic E-state index is 11.4. The number of ether oxygens (including phenoxy) is 2. The fraction of sp³-hybridized carbons (Fsp3) is 0.286. The average molecular weight is 404 g/mol. The lowest BCUT2D eigenvalue weighted by Gasteiger charge is -2.34. The molecule has 0 N–H and O–H groups in total. The predicted octanol–water partition coefficient (Wildman–Crippen LogP) is 3.23. The van der Waals surface area contributed by atoms with Crippen LogP contribution in [0.3, 0.4) is 0 Å². The number of fused-ring (bicyclic) bond motifs is 1. The molecular weight excluding hydrogens is 393 g/mol. The van der Waals surface area contributed by atoms with Crippen molar-refractivity contribution in [1.82, 2.24) is 4.98 Å². The Morgan fingerprint density at radius 3 is 3.00 bits per heavy atom.